The molecule has 3 aliphatic rings. The van der Waals surface area contributed by atoms with Crippen LogP contribution in [0.4, 0.5) is 0 Å². The summed E-state index contributed by atoms with van der Waals surface area (Å²) in [6.45, 7) is 3.14. The number of thioether (sulfide) groups is 1. The molecule has 1 unspecified atom stereocenters. The van der Waals surface area contributed by atoms with Crippen molar-refractivity contribution in [2.24, 2.45) is 5.92 Å². The van der Waals surface area contributed by atoms with Crippen LogP contribution in [0, 0.1) is 5.92 Å². The van der Waals surface area contributed by atoms with Gasteiger partial charge in [-0.2, -0.15) is 11.8 Å². The first-order valence-electron chi connectivity index (χ1n) is 7.38. The molecule has 102 valence electrons. The molecule has 4 heteroatoms. The highest BCUT2D eigenvalue weighted by atomic mass is 32.2. The van der Waals surface area contributed by atoms with Crippen LogP contribution in [-0.2, 0) is 4.79 Å². The van der Waals surface area contributed by atoms with Crippen LogP contribution in [0.2, 0.25) is 0 Å². The summed E-state index contributed by atoms with van der Waals surface area (Å²) in [6.07, 6.45) is 7.33. The molecular weight excluding hydrogens is 244 g/mol. The number of hydrogen-bond acceptors (Lipinski definition) is 3. The van der Waals surface area contributed by atoms with Crippen molar-refractivity contribution in [2.75, 3.05) is 18.1 Å². The summed E-state index contributed by atoms with van der Waals surface area (Å²) in [6, 6.07) is 0. The fourth-order valence-electron chi connectivity index (χ4n) is 3.78. The first kappa shape index (κ1) is 12.8. The Bertz CT molecular complexity index is 322. The lowest BCUT2D eigenvalue weighted by molar-refractivity contribution is -0.133. The smallest absolute Gasteiger partial charge is 0.244 e. The molecule has 1 aliphatic carbocycles. The van der Waals surface area contributed by atoms with Gasteiger partial charge in [-0.05, 0) is 50.0 Å². The highest BCUT2D eigenvalue weighted by Crippen LogP contribution is 2.37. The van der Waals surface area contributed by atoms with Gasteiger partial charge in [-0.15, -0.1) is 0 Å². The zero-order chi connectivity index (χ0) is 12.6. The van der Waals surface area contributed by atoms with E-state index >= 15 is 0 Å². The average Bonchev–Trinajstić information content (AvgIpc) is 2.93. The van der Waals surface area contributed by atoms with Crippen LogP contribution in [0.15, 0.2) is 0 Å². The lowest BCUT2D eigenvalue weighted by atomic mass is 9.97. The third-order valence-electron chi connectivity index (χ3n) is 4.88. The predicted molar refractivity (Wildman–Crippen MR) is 75.6 cm³/mol. The number of nitrogens with zero attached hydrogens (tertiary/aromatic N) is 1. The molecule has 2 aliphatic heterocycles. The predicted octanol–water partition coefficient (Wildman–Crippen LogP) is 2.22. The Morgan fingerprint density at radius 3 is 2.67 bits per heavy atom. The maximum atomic E-state index is 12.7. The largest absolute Gasteiger partial charge is 0.326 e. The lowest BCUT2D eigenvalue weighted by Crippen LogP contribution is -2.44. The molecule has 0 aromatic carbocycles. The van der Waals surface area contributed by atoms with Crippen LogP contribution in [0.5, 0.6) is 0 Å². The third kappa shape index (κ3) is 2.18. The highest BCUT2D eigenvalue weighted by Gasteiger charge is 2.51. The van der Waals surface area contributed by atoms with Crippen molar-refractivity contribution in [2.45, 2.75) is 57.2 Å². The van der Waals surface area contributed by atoms with E-state index in [2.05, 4.69) is 28.9 Å². The molecule has 0 aromatic rings. The van der Waals surface area contributed by atoms with Gasteiger partial charge in [0.15, 0.2) is 0 Å². The third-order valence-corrected chi connectivity index (χ3v) is 5.92. The zero-order valence-corrected chi connectivity index (χ0v) is 12.1. The van der Waals surface area contributed by atoms with Gasteiger partial charge in [0.2, 0.25) is 5.91 Å². The zero-order valence-electron chi connectivity index (χ0n) is 11.3. The SMILES string of the molecule is CC1NC2(CCCC2)C(=O)N1CC1CCSCC1. The van der Waals surface area contributed by atoms with E-state index in [-0.39, 0.29) is 11.7 Å². The van der Waals surface area contributed by atoms with Crippen LogP contribution in [0.1, 0.15) is 45.4 Å². The van der Waals surface area contributed by atoms with Gasteiger partial charge in [-0.25, -0.2) is 0 Å². The van der Waals surface area contributed by atoms with E-state index < -0.39 is 0 Å². The van der Waals surface area contributed by atoms with Crippen molar-refractivity contribution in [3.63, 3.8) is 0 Å². The van der Waals surface area contributed by atoms with E-state index in [1.807, 2.05) is 0 Å². The molecule has 18 heavy (non-hydrogen) atoms. The summed E-state index contributed by atoms with van der Waals surface area (Å²) in [5.41, 5.74) is -0.178. The van der Waals surface area contributed by atoms with Crippen molar-refractivity contribution in [3.8, 4) is 0 Å². The van der Waals surface area contributed by atoms with Gasteiger partial charge >= 0.3 is 0 Å². The molecule has 0 bridgehead atoms. The first-order chi connectivity index (χ1) is 8.71. The molecule has 1 amide bonds. The number of amides is 1. The van der Waals surface area contributed by atoms with Crippen molar-refractivity contribution < 1.29 is 4.79 Å². The van der Waals surface area contributed by atoms with Crippen LogP contribution in [-0.4, -0.2) is 40.6 Å². The Kier molecular flexibility index (Phi) is 3.59. The molecule has 1 atom stereocenters. The Morgan fingerprint density at radius 1 is 1.33 bits per heavy atom. The quantitative estimate of drug-likeness (QED) is 0.833. The van der Waals surface area contributed by atoms with E-state index in [9.17, 15) is 4.79 Å². The van der Waals surface area contributed by atoms with Gasteiger partial charge in [-0.1, -0.05) is 12.8 Å². The summed E-state index contributed by atoms with van der Waals surface area (Å²) in [5.74, 6) is 3.68. The van der Waals surface area contributed by atoms with E-state index in [4.69, 9.17) is 0 Å². The fourth-order valence-corrected chi connectivity index (χ4v) is 4.98. The summed E-state index contributed by atoms with van der Waals surface area (Å²) in [5, 5.41) is 3.59. The van der Waals surface area contributed by atoms with Gasteiger partial charge in [0.25, 0.3) is 0 Å². The first-order valence-corrected chi connectivity index (χ1v) is 8.53. The number of rotatable bonds is 2. The average molecular weight is 268 g/mol. The maximum Gasteiger partial charge on any atom is 0.244 e. The number of hydrogen-bond donors (Lipinski definition) is 1. The molecule has 3 rings (SSSR count). The van der Waals surface area contributed by atoms with Gasteiger partial charge in [0.1, 0.15) is 0 Å². The van der Waals surface area contributed by atoms with Crippen LogP contribution >= 0.6 is 11.8 Å². The number of carbonyl (C=O) groups is 1. The second kappa shape index (κ2) is 5.04. The van der Waals surface area contributed by atoms with Crippen LogP contribution in [0.25, 0.3) is 0 Å². The lowest BCUT2D eigenvalue weighted by Gasteiger charge is -2.29. The van der Waals surface area contributed by atoms with Crippen molar-refractivity contribution in [1.29, 1.82) is 0 Å². The van der Waals surface area contributed by atoms with Gasteiger partial charge in [0.05, 0.1) is 11.7 Å². The minimum atomic E-state index is -0.178. The minimum absolute atomic E-state index is 0.178. The van der Waals surface area contributed by atoms with Crippen LogP contribution in [0.3, 0.4) is 0 Å². The Balaban J connectivity index is 1.66. The number of nitrogens with one attached hydrogen (secondary N) is 1. The maximum absolute atomic E-state index is 12.7. The minimum Gasteiger partial charge on any atom is -0.326 e. The monoisotopic (exact) mass is 268 g/mol. The summed E-state index contributed by atoms with van der Waals surface area (Å²) < 4.78 is 0. The molecule has 3 nitrogen and oxygen atoms in total. The fraction of sp³-hybridized carbons (Fsp3) is 0.929. The molecule has 1 spiro atoms. The molecule has 1 N–H and O–H groups in total. The van der Waals surface area contributed by atoms with Crippen molar-refractivity contribution in [1.82, 2.24) is 10.2 Å². The molecule has 2 saturated heterocycles. The van der Waals surface area contributed by atoms with Gasteiger partial charge in [-0.3, -0.25) is 10.1 Å². The van der Waals surface area contributed by atoms with Gasteiger partial charge < -0.3 is 4.90 Å². The molecule has 3 fully saturated rings. The Morgan fingerprint density at radius 2 is 2.00 bits per heavy atom. The molecule has 1 saturated carbocycles. The van der Waals surface area contributed by atoms with E-state index in [0.29, 0.717) is 5.91 Å². The van der Waals surface area contributed by atoms with E-state index in [1.165, 1.54) is 37.2 Å². The standard InChI is InChI=1S/C14H24N2OS/c1-11-15-14(6-2-3-7-14)13(17)16(11)10-12-4-8-18-9-5-12/h11-12,15H,2-10H2,1H3. The highest BCUT2D eigenvalue weighted by molar-refractivity contribution is 7.99. The summed E-state index contributed by atoms with van der Waals surface area (Å²) in [7, 11) is 0. The second-order valence-electron chi connectivity index (χ2n) is 6.12. The number of carbonyl (C=O) groups excluding carboxylic acids is 1. The summed E-state index contributed by atoms with van der Waals surface area (Å²) >= 11 is 2.06. The molecule has 0 aromatic heterocycles. The van der Waals surface area contributed by atoms with E-state index in [1.54, 1.807) is 0 Å². The van der Waals surface area contributed by atoms with Crippen LogP contribution < -0.4 is 5.32 Å². The Hall–Kier alpha value is -0.220. The van der Waals surface area contributed by atoms with Gasteiger partial charge in [0, 0.05) is 6.54 Å². The molecule has 2 heterocycles. The van der Waals surface area contributed by atoms with Crippen molar-refractivity contribution in [3.05, 3.63) is 0 Å². The normalized spacial score (nSPS) is 32.6. The molecular formula is C14H24N2OS. The van der Waals surface area contributed by atoms with E-state index in [0.717, 1.165) is 25.3 Å². The second-order valence-corrected chi connectivity index (χ2v) is 7.35. The Labute approximate surface area is 114 Å². The topological polar surface area (TPSA) is 32.3 Å². The van der Waals surface area contributed by atoms with Crippen molar-refractivity contribution >= 4 is 17.7 Å². The molecule has 0 radical (unpaired) electrons. The summed E-state index contributed by atoms with van der Waals surface area (Å²) in [4.78, 5) is 14.8.